The third-order valence-electron chi connectivity index (χ3n) is 3.52. The lowest BCUT2D eigenvalue weighted by Gasteiger charge is -2.39. The maximum atomic E-state index is 5.97. The van der Waals surface area contributed by atoms with Gasteiger partial charge in [0.1, 0.15) is 5.15 Å². The molecule has 1 fully saturated rings. The van der Waals surface area contributed by atoms with Crippen LogP contribution >= 0.6 is 11.6 Å². The van der Waals surface area contributed by atoms with Crippen molar-refractivity contribution in [1.82, 2.24) is 4.98 Å². The monoisotopic (exact) mass is 239 g/mol. The maximum absolute atomic E-state index is 5.97. The molecule has 1 aliphatic heterocycles. The highest BCUT2D eigenvalue weighted by Gasteiger charge is 2.26. The molecule has 0 radical (unpaired) electrons. The molecule has 0 amide bonds. The number of nitrogen functional groups attached to an aromatic ring is 1. The Morgan fingerprint density at radius 2 is 2.19 bits per heavy atom. The molecule has 1 aromatic heterocycles. The van der Waals surface area contributed by atoms with E-state index in [0.29, 0.717) is 22.8 Å². The fourth-order valence-corrected chi connectivity index (χ4v) is 2.44. The highest BCUT2D eigenvalue weighted by atomic mass is 35.5. The molecule has 1 aromatic rings. The van der Waals surface area contributed by atoms with Gasteiger partial charge in [0, 0.05) is 12.6 Å². The lowest BCUT2D eigenvalue weighted by atomic mass is 9.92. The van der Waals surface area contributed by atoms with Crippen LogP contribution in [0.25, 0.3) is 0 Å². The number of aromatic nitrogens is 1. The molecule has 3 nitrogen and oxygen atoms in total. The molecule has 0 spiro atoms. The summed E-state index contributed by atoms with van der Waals surface area (Å²) in [5.41, 5.74) is 6.68. The molecule has 16 heavy (non-hydrogen) atoms. The molecule has 2 unspecified atom stereocenters. The van der Waals surface area contributed by atoms with Crippen LogP contribution in [0, 0.1) is 5.92 Å². The molecule has 2 heterocycles. The number of pyridine rings is 1. The van der Waals surface area contributed by atoms with Crippen molar-refractivity contribution in [2.24, 2.45) is 5.92 Å². The normalized spacial score (nSPS) is 25.8. The van der Waals surface area contributed by atoms with Gasteiger partial charge in [-0.05, 0) is 37.8 Å². The minimum Gasteiger partial charge on any atom is -0.396 e. The third kappa shape index (κ3) is 2.09. The van der Waals surface area contributed by atoms with Gasteiger partial charge in [-0.2, -0.15) is 0 Å². The van der Waals surface area contributed by atoms with E-state index in [0.717, 1.165) is 12.4 Å². The van der Waals surface area contributed by atoms with Crippen molar-refractivity contribution >= 4 is 23.1 Å². The molecule has 1 aliphatic rings. The van der Waals surface area contributed by atoms with Gasteiger partial charge in [-0.1, -0.05) is 18.5 Å². The van der Waals surface area contributed by atoms with Crippen molar-refractivity contribution in [2.75, 3.05) is 17.2 Å². The highest BCUT2D eigenvalue weighted by molar-refractivity contribution is 6.29. The Labute approximate surface area is 102 Å². The van der Waals surface area contributed by atoms with Crippen molar-refractivity contribution in [1.29, 1.82) is 0 Å². The Morgan fingerprint density at radius 1 is 1.44 bits per heavy atom. The molecule has 1 saturated heterocycles. The van der Waals surface area contributed by atoms with Crippen molar-refractivity contribution in [3.05, 3.63) is 17.3 Å². The van der Waals surface area contributed by atoms with Crippen LogP contribution in [0.15, 0.2) is 12.1 Å². The molecule has 88 valence electrons. The second-order valence-corrected chi connectivity index (χ2v) is 4.99. The molecule has 0 bridgehead atoms. The zero-order valence-electron chi connectivity index (χ0n) is 9.78. The molecule has 0 aromatic carbocycles. The van der Waals surface area contributed by atoms with Crippen molar-refractivity contribution in [3.8, 4) is 0 Å². The van der Waals surface area contributed by atoms with Crippen LogP contribution in [0.5, 0.6) is 0 Å². The topological polar surface area (TPSA) is 42.2 Å². The van der Waals surface area contributed by atoms with Gasteiger partial charge in [0.2, 0.25) is 0 Å². The van der Waals surface area contributed by atoms with E-state index in [2.05, 4.69) is 23.7 Å². The molecule has 2 rings (SSSR count). The zero-order chi connectivity index (χ0) is 11.7. The molecule has 0 aliphatic carbocycles. The van der Waals surface area contributed by atoms with Crippen molar-refractivity contribution in [2.45, 2.75) is 32.7 Å². The minimum atomic E-state index is 0.474. The van der Waals surface area contributed by atoms with E-state index in [1.54, 1.807) is 6.07 Å². The Hall–Kier alpha value is -0.960. The van der Waals surface area contributed by atoms with E-state index < -0.39 is 0 Å². The Kier molecular flexibility index (Phi) is 3.24. The minimum absolute atomic E-state index is 0.474. The van der Waals surface area contributed by atoms with Crippen LogP contribution < -0.4 is 10.6 Å². The van der Waals surface area contributed by atoms with E-state index in [-0.39, 0.29) is 0 Å². The van der Waals surface area contributed by atoms with Gasteiger partial charge in [0.05, 0.1) is 5.69 Å². The van der Waals surface area contributed by atoms with Gasteiger partial charge in [-0.15, -0.1) is 0 Å². The second-order valence-electron chi connectivity index (χ2n) is 4.60. The summed E-state index contributed by atoms with van der Waals surface area (Å²) in [5.74, 6) is 1.51. The standard InChI is InChI=1S/C12H18ClN3/c1-8-4-3-7-16(9(8)2)12-10(14)5-6-11(13)15-12/h5-6,8-9H,3-4,7,14H2,1-2H3. The van der Waals surface area contributed by atoms with E-state index in [1.807, 2.05) is 6.07 Å². The predicted molar refractivity (Wildman–Crippen MR) is 68.9 cm³/mol. The van der Waals surface area contributed by atoms with Gasteiger partial charge in [-0.25, -0.2) is 4.98 Å². The molecule has 2 atom stereocenters. The summed E-state index contributed by atoms with van der Waals surface area (Å²) in [5, 5.41) is 0.509. The second kappa shape index (κ2) is 4.50. The highest BCUT2D eigenvalue weighted by Crippen LogP contribution is 2.31. The number of nitrogens with two attached hydrogens (primary N) is 1. The first-order chi connectivity index (χ1) is 7.59. The first kappa shape index (κ1) is 11.5. The summed E-state index contributed by atoms with van der Waals surface area (Å²) in [4.78, 5) is 6.62. The fraction of sp³-hybridized carbons (Fsp3) is 0.583. The van der Waals surface area contributed by atoms with E-state index >= 15 is 0 Å². The average molecular weight is 240 g/mol. The third-order valence-corrected chi connectivity index (χ3v) is 3.73. The summed E-state index contributed by atoms with van der Waals surface area (Å²) >= 11 is 5.93. The fourth-order valence-electron chi connectivity index (χ4n) is 2.30. The van der Waals surface area contributed by atoms with Gasteiger partial charge in [0.25, 0.3) is 0 Å². The Balaban J connectivity index is 2.31. The van der Waals surface area contributed by atoms with Crippen LogP contribution in [0.1, 0.15) is 26.7 Å². The van der Waals surface area contributed by atoms with Crippen LogP contribution in [-0.2, 0) is 0 Å². The number of piperidine rings is 1. The van der Waals surface area contributed by atoms with Gasteiger partial charge in [0.15, 0.2) is 5.82 Å². The first-order valence-corrected chi connectivity index (χ1v) is 6.16. The lowest BCUT2D eigenvalue weighted by Crippen LogP contribution is -2.43. The van der Waals surface area contributed by atoms with E-state index in [9.17, 15) is 0 Å². The lowest BCUT2D eigenvalue weighted by molar-refractivity contribution is 0.362. The average Bonchev–Trinajstić information content (AvgIpc) is 2.26. The Bertz CT molecular complexity index is 381. The van der Waals surface area contributed by atoms with Crippen LogP contribution in [0.2, 0.25) is 5.15 Å². The molecular formula is C12H18ClN3. The number of hydrogen-bond donors (Lipinski definition) is 1. The smallest absolute Gasteiger partial charge is 0.153 e. The Morgan fingerprint density at radius 3 is 2.94 bits per heavy atom. The number of nitrogens with zero attached hydrogens (tertiary/aromatic N) is 2. The molecular weight excluding hydrogens is 222 g/mol. The SMILES string of the molecule is CC1CCCN(c2nc(Cl)ccc2N)C1C. The molecule has 2 N–H and O–H groups in total. The van der Waals surface area contributed by atoms with Gasteiger partial charge >= 0.3 is 0 Å². The number of rotatable bonds is 1. The van der Waals surface area contributed by atoms with Crippen molar-refractivity contribution < 1.29 is 0 Å². The van der Waals surface area contributed by atoms with Gasteiger partial charge in [-0.3, -0.25) is 0 Å². The first-order valence-electron chi connectivity index (χ1n) is 5.78. The zero-order valence-corrected chi connectivity index (χ0v) is 10.5. The molecule has 4 heteroatoms. The quantitative estimate of drug-likeness (QED) is 0.767. The summed E-state index contributed by atoms with van der Waals surface area (Å²) in [6.45, 7) is 5.52. The predicted octanol–water partition coefficient (Wildman–Crippen LogP) is 2.94. The molecule has 0 saturated carbocycles. The van der Waals surface area contributed by atoms with Crippen LogP contribution in [-0.4, -0.2) is 17.6 Å². The maximum Gasteiger partial charge on any atom is 0.153 e. The van der Waals surface area contributed by atoms with Crippen LogP contribution in [0.3, 0.4) is 0 Å². The number of anilines is 2. The number of hydrogen-bond acceptors (Lipinski definition) is 3. The van der Waals surface area contributed by atoms with Crippen molar-refractivity contribution in [3.63, 3.8) is 0 Å². The van der Waals surface area contributed by atoms with Gasteiger partial charge < -0.3 is 10.6 Å². The largest absolute Gasteiger partial charge is 0.396 e. The summed E-state index contributed by atoms with van der Waals surface area (Å²) in [6, 6.07) is 4.04. The summed E-state index contributed by atoms with van der Waals surface area (Å²) < 4.78 is 0. The number of halogens is 1. The van der Waals surface area contributed by atoms with E-state index in [4.69, 9.17) is 17.3 Å². The summed E-state index contributed by atoms with van der Waals surface area (Å²) in [7, 11) is 0. The van der Waals surface area contributed by atoms with Crippen LogP contribution in [0.4, 0.5) is 11.5 Å². The van der Waals surface area contributed by atoms with E-state index in [1.165, 1.54) is 12.8 Å². The summed E-state index contributed by atoms with van der Waals surface area (Å²) in [6.07, 6.45) is 2.47.